The molecule has 0 saturated heterocycles. The maximum absolute atomic E-state index is 13.1. The molecule has 3 aromatic rings. The van der Waals surface area contributed by atoms with Crippen LogP contribution in [0.4, 0.5) is 5.69 Å². The van der Waals surface area contributed by atoms with Gasteiger partial charge in [0.2, 0.25) is 0 Å². The second-order valence-electron chi connectivity index (χ2n) is 8.33. The summed E-state index contributed by atoms with van der Waals surface area (Å²) in [6.07, 6.45) is 2.37. The first-order chi connectivity index (χ1) is 17.0. The molecule has 0 radical (unpaired) electrons. The maximum Gasteiger partial charge on any atom is 0.268 e. The average Bonchev–Trinajstić information content (AvgIpc) is 3.31. The molecule has 178 valence electrons. The summed E-state index contributed by atoms with van der Waals surface area (Å²) in [5, 5.41) is 9.69. The molecular formula is C29H28N2O4. The minimum atomic E-state index is -0.305. The summed E-state index contributed by atoms with van der Waals surface area (Å²) in [7, 11) is 1.56. The summed E-state index contributed by atoms with van der Waals surface area (Å²) in [5.41, 5.74) is 4.89. The van der Waals surface area contributed by atoms with E-state index < -0.39 is 0 Å². The smallest absolute Gasteiger partial charge is 0.268 e. The third kappa shape index (κ3) is 5.30. The van der Waals surface area contributed by atoms with E-state index in [1.54, 1.807) is 36.3 Å². The highest BCUT2D eigenvalue weighted by Crippen LogP contribution is 2.31. The van der Waals surface area contributed by atoms with Gasteiger partial charge in [0, 0.05) is 12.2 Å². The predicted molar refractivity (Wildman–Crippen MR) is 136 cm³/mol. The molecule has 6 nitrogen and oxygen atoms in total. The van der Waals surface area contributed by atoms with Gasteiger partial charge in [-0.15, -0.1) is 0 Å². The van der Waals surface area contributed by atoms with Crippen LogP contribution in [0.25, 0.3) is 6.08 Å². The van der Waals surface area contributed by atoms with E-state index in [2.05, 4.69) is 6.07 Å². The SMILES string of the molecule is COc1cc(/C=C(\C#N)C(=O)N2CCc3ccccc32)ccc1OCCOc1c(C)cccc1C. The molecule has 0 spiro atoms. The number of hydrogen-bond acceptors (Lipinski definition) is 5. The minimum Gasteiger partial charge on any atom is -0.493 e. The number of methoxy groups -OCH3 is 1. The molecule has 1 heterocycles. The van der Waals surface area contributed by atoms with Gasteiger partial charge >= 0.3 is 0 Å². The molecule has 3 aromatic carbocycles. The number of ether oxygens (including phenoxy) is 3. The number of carbonyl (C=O) groups excluding carboxylic acids is 1. The van der Waals surface area contributed by atoms with E-state index >= 15 is 0 Å². The van der Waals surface area contributed by atoms with Crippen molar-refractivity contribution in [1.82, 2.24) is 0 Å². The van der Waals surface area contributed by atoms with E-state index in [-0.39, 0.29) is 11.5 Å². The first-order valence-corrected chi connectivity index (χ1v) is 11.5. The van der Waals surface area contributed by atoms with Crippen molar-refractivity contribution >= 4 is 17.7 Å². The van der Waals surface area contributed by atoms with E-state index in [0.717, 1.165) is 34.5 Å². The van der Waals surface area contributed by atoms with Crippen LogP contribution in [0.3, 0.4) is 0 Å². The van der Waals surface area contributed by atoms with E-state index in [1.165, 1.54) is 0 Å². The fourth-order valence-corrected chi connectivity index (χ4v) is 4.22. The van der Waals surface area contributed by atoms with Crippen molar-refractivity contribution in [3.05, 3.63) is 88.5 Å². The lowest BCUT2D eigenvalue weighted by atomic mass is 10.1. The molecule has 1 aliphatic rings. The minimum absolute atomic E-state index is 0.0689. The summed E-state index contributed by atoms with van der Waals surface area (Å²) >= 11 is 0. The molecule has 0 aliphatic carbocycles. The van der Waals surface area contributed by atoms with E-state index in [4.69, 9.17) is 14.2 Å². The fraction of sp³-hybridized carbons (Fsp3) is 0.241. The van der Waals surface area contributed by atoms with E-state index in [1.807, 2.05) is 56.3 Å². The normalized spacial score (nSPS) is 12.6. The molecule has 0 saturated carbocycles. The standard InChI is InChI=1S/C29H28N2O4/c1-20-7-6-8-21(2)28(20)35-16-15-34-26-12-11-22(18-27(26)33-3)17-24(19-30)29(32)31-14-13-23-9-4-5-10-25(23)31/h4-12,17-18H,13-16H2,1-3H3/b24-17+. The van der Waals surface area contributed by atoms with Gasteiger partial charge in [-0.3, -0.25) is 4.79 Å². The zero-order chi connectivity index (χ0) is 24.8. The third-order valence-corrected chi connectivity index (χ3v) is 5.98. The number of fused-ring (bicyclic) bond motifs is 1. The summed E-state index contributed by atoms with van der Waals surface area (Å²) in [6, 6.07) is 21.2. The Kier molecular flexibility index (Phi) is 7.37. The first-order valence-electron chi connectivity index (χ1n) is 11.5. The number of aryl methyl sites for hydroxylation is 2. The Balaban J connectivity index is 1.43. The van der Waals surface area contributed by atoms with E-state index in [0.29, 0.717) is 36.8 Å². The number of benzene rings is 3. The highest BCUT2D eigenvalue weighted by molar-refractivity contribution is 6.12. The zero-order valence-electron chi connectivity index (χ0n) is 20.2. The average molecular weight is 469 g/mol. The van der Waals surface area contributed by atoms with Crippen LogP contribution in [0, 0.1) is 25.2 Å². The molecule has 0 bridgehead atoms. The molecule has 1 amide bonds. The Labute approximate surface area is 206 Å². The van der Waals surface area contributed by atoms with E-state index in [9.17, 15) is 10.1 Å². The molecule has 6 heteroatoms. The van der Waals surface area contributed by atoms with Crippen LogP contribution in [-0.2, 0) is 11.2 Å². The van der Waals surface area contributed by atoms with Crippen LogP contribution in [0.2, 0.25) is 0 Å². The molecule has 0 unspecified atom stereocenters. The van der Waals surface area contributed by atoms with Crippen LogP contribution in [-0.4, -0.2) is 32.8 Å². The van der Waals surface area contributed by atoms with Gasteiger partial charge in [0.15, 0.2) is 11.5 Å². The van der Waals surface area contributed by atoms with Crippen LogP contribution >= 0.6 is 0 Å². The van der Waals surface area contributed by atoms with Crippen LogP contribution < -0.4 is 19.1 Å². The zero-order valence-corrected chi connectivity index (χ0v) is 20.2. The second kappa shape index (κ2) is 10.8. The number of carbonyl (C=O) groups is 1. The lowest BCUT2D eigenvalue weighted by Crippen LogP contribution is -2.29. The Morgan fingerprint density at radius 3 is 2.49 bits per heavy atom. The molecule has 0 fully saturated rings. The van der Waals surface area contributed by atoms with Gasteiger partial charge in [-0.25, -0.2) is 0 Å². The van der Waals surface area contributed by atoms with Crippen molar-refractivity contribution in [2.75, 3.05) is 31.8 Å². The van der Waals surface area contributed by atoms with Crippen LogP contribution in [0.15, 0.2) is 66.2 Å². The van der Waals surface area contributed by atoms with Crippen molar-refractivity contribution in [3.8, 4) is 23.3 Å². The van der Waals surface area contributed by atoms with Gasteiger partial charge in [-0.1, -0.05) is 42.5 Å². The molecule has 35 heavy (non-hydrogen) atoms. The number of nitriles is 1. The van der Waals surface area contributed by atoms with Gasteiger partial charge in [-0.2, -0.15) is 5.26 Å². The molecule has 0 N–H and O–H groups in total. The van der Waals surface area contributed by atoms with Gasteiger partial charge in [0.05, 0.1) is 7.11 Å². The van der Waals surface area contributed by atoms with Crippen molar-refractivity contribution in [2.24, 2.45) is 0 Å². The number of anilines is 1. The molecule has 4 rings (SSSR count). The highest BCUT2D eigenvalue weighted by Gasteiger charge is 2.26. The lowest BCUT2D eigenvalue weighted by molar-refractivity contribution is -0.114. The number of para-hydroxylation sites is 2. The topological polar surface area (TPSA) is 71.8 Å². The summed E-state index contributed by atoms with van der Waals surface area (Å²) in [4.78, 5) is 14.7. The number of rotatable bonds is 8. The Hall–Kier alpha value is -4.24. The monoisotopic (exact) mass is 468 g/mol. The Morgan fingerprint density at radius 1 is 1.00 bits per heavy atom. The van der Waals surface area contributed by atoms with Gasteiger partial charge in [-0.05, 0) is 66.8 Å². The first kappa shape index (κ1) is 23.9. The molecule has 0 aromatic heterocycles. The fourth-order valence-electron chi connectivity index (χ4n) is 4.22. The Morgan fingerprint density at radius 2 is 1.74 bits per heavy atom. The number of hydrogen-bond donors (Lipinski definition) is 0. The lowest BCUT2D eigenvalue weighted by Gasteiger charge is -2.17. The second-order valence-corrected chi connectivity index (χ2v) is 8.33. The summed E-state index contributed by atoms with van der Waals surface area (Å²) in [6.45, 7) is 5.33. The number of amides is 1. The summed E-state index contributed by atoms with van der Waals surface area (Å²) in [5.74, 6) is 1.65. The van der Waals surface area contributed by atoms with Gasteiger partial charge in [0.25, 0.3) is 5.91 Å². The van der Waals surface area contributed by atoms with Crippen LogP contribution in [0.5, 0.6) is 17.2 Å². The molecular weight excluding hydrogens is 440 g/mol. The highest BCUT2D eigenvalue weighted by atomic mass is 16.5. The Bertz CT molecular complexity index is 1290. The number of nitrogens with zero attached hydrogens (tertiary/aromatic N) is 2. The van der Waals surface area contributed by atoms with Gasteiger partial charge in [0.1, 0.15) is 30.6 Å². The van der Waals surface area contributed by atoms with Crippen molar-refractivity contribution in [3.63, 3.8) is 0 Å². The van der Waals surface area contributed by atoms with Crippen molar-refractivity contribution < 1.29 is 19.0 Å². The van der Waals surface area contributed by atoms with Crippen molar-refractivity contribution in [2.45, 2.75) is 20.3 Å². The molecule has 0 atom stereocenters. The quantitative estimate of drug-likeness (QED) is 0.256. The maximum atomic E-state index is 13.1. The summed E-state index contributed by atoms with van der Waals surface area (Å²) < 4.78 is 17.3. The van der Waals surface area contributed by atoms with Gasteiger partial charge < -0.3 is 19.1 Å². The van der Waals surface area contributed by atoms with Crippen molar-refractivity contribution in [1.29, 1.82) is 5.26 Å². The molecule has 1 aliphatic heterocycles. The third-order valence-electron chi connectivity index (χ3n) is 5.98. The largest absolute Gasteiger partial charge is 0.493 e. The van der Waals surface area contributed by atoms with Crippen LogP contribution in [0.1, 0.15) is 22.3 Å². The predicted octanol–water partition coefficient (Wildman–Crippen LogP) is 5.27.